The number of nitrogens with zero attached hydrogens (tertiary/aromatic N) is 1. The SMILES string of the molecule is Cc1ccoc1C(=O)N(C)C(C)(C)CN. The van der Waals surface area contributed by atoms with Gasteiger partial charge in [-0.3, -0.25) is 4.79 Å². The molecule has 0 saturated heterocycles. The van der Waals surface area contributed by atoms with Gasteiger partial charge in [-0.2, -0.15) is 0 Å². The fourth-order valence-corrected chi connectivity index (χ4v) is 1.16. The highest BCUT2D eigenvalue weighted by molar-refractivity contribution is 5.93. The first-order chi connectivity index (χ1) is 6.90. The van der Waals surface area contributed by atoms with Crippen molar-refractivity contribution < 1.29 is 9.21 Å². The molecule has 0 bridgehead atoms. The quantitative estimate of drug-likeness (QED) is 0.820. The first-order valence-corrected chi connectivity index (χ1v) is 4.92. The Morgan fingerprint density at radius 3 is 2.60 bits per heavy atom. The number of rotatable bonds is 3. The van der Waals surface area contributed by atoms with Crippen molar-refractivity contribution in [2.24, 2.45) is 5.73 Å². The predicted molar refractivity (Wildman–Crippen MR) is 58.7 cm³/mol. The Kier molecular flexibility index (Phi) is 3.19. The van der Waals surface area contributed by atoms with E-state index in [2.05, 4.69) is 0 Å². The van der Waals surface area contributed by atoms with Gasteiger partial charge >= 0.3 is 0 Å². The Labute approximate surface area is 90.0 Å². The average molecular weight is 210 g/mol. The molecule has 0 aliphatic carbocycles. The normalized spacial score (nSPS) is 11.5. The number of hydrogen-bond donors (Lipinski definition) is 1. The summed E-state index contributed by atoms with van der Waals surface area (Å²) in [5, 5.41) is 0. The molecule has 15 heavy (non-hydrogen) atoms. The monoisotopic (exact) mass is 210 g/mol. The third kappa shape index (κ3) is 2.21. The van der Waals surface area contributed by atoms with Crippen molar-refractivity contribution in [1.29, 1.82) is 0 Å². The van der Waals surface area contributed by atoms with Crippen molar-refractivity contribution in [3.8, 4) is 0 Å². The molecule has 84 valence electrons. The number of amides is 1. The largest absolute Gasteiger partial charge is 0.459 e. The van der Waals surface area contributed by atoms with E-state index in [9.17, 15) is 4.79 Å². The summed E-state index contributed by atoms with van der Waals surface area (Å²) >= 11 is 0. The number of carbonyl (C=O) groups excluding carboxylic acids is 1. The van der Waals surface area contributed by atoms with Crippen LogP contribution in [-0.4, -0.2) is 29.9 Å². The number of likely N-dealkylation sites (N-methyl/N-ethyl adjacent to an activating group) is 1. The van der Waals surface area contributed by atoms with Crippen LogP contribution in [0, 0.1) is 6.92 Å². The first-order valence-electron chi connectivity index (χ1n) is 4.92. The van der Waals surface area contributed by atoms with Crippen LogP contribution in [0.5, 0.6) is 0 Å². The van der Waals surface area contributed by atoms with E-state index in [4.69, 9.17) is 10.2 Å². The summed E-state index contributed by atoms with van der Waals surface area (Å²) < 4.78 is 5.15. The Hall–Kier alpha value is -1.29. The number of furan rings is 1. The molecule has 0 aliphatic rings. The number of nitrogens with two attached hydrogens (primary N) is 1. The summed E-state index contributed by atoms with van der Waals surface area (Å²) in [5.41, 5.74) is 6.09. The Balaban J connectivity index is 2.92. The molecule has 4 heteroatoms. The van der Waals surface area contributed by atoms with Crippen LogP contribution in [-0.2, 0) is 0 Å². The summed E-state index contributed by atoms with van der Waals surface area (Å²) in [6.45, 7) is 6.10. The van der Waals surface area contributed by atoms with Gasteiger partial charge in [0.05, 0.1) is 6.26 Å². The zero-order chi connectivity index (χ0) is 11.6. The van der Waals surface area contributed by atoms with Crippen molar-refractivity contribution in [3.63, 3.8) is 0 Å². The van der Waals surface area contributed by atoms with Crippen LogP contribution in [0.15, 0.2) is 16.7 Å². The molecule has 1 aromatic heterocycles. The van der Waals surface area contributed by atoms with E-state index in [1.54, 1.807) is 18.0 Å². The van der Waals surface area contributed by atoms with Crippen molar-refractivity contribution in [3.05, 3.63) is 23.7 Å². The molecule has 0 aliphatic heterocycles. The Bertz CT molecular complexity index is 355. The van der Waals surface area contributed by atoms with Crippen molar-refractivity contribution >= 4 is 5.91 Å². The highest BCUT2D eigenvalue weighted by atomic mass is 16.3. The van der Waals surface area contributed by atoms with E-state index in [-0.39, 0.29) is 11.4 Å². The first kappa shape index (κ1) is 11.8. The van der Waals surface area contributed by atoms with E-state index < -0.39 is 0 Å². The van der Waals surface area contributed by atoms with Gasteiger partial charge < -0.3 is 15.1 Å². The maximum absolute atomic E-state index is 12.0. The molecule has 0 unspecified atom stereocenters. The fraction of sp³-hybridized carbons (Fsp3) is 0.545. The second kappa shape index (κ2) is 4.06. The molecule has 0 radical (unpaired) electrons. The van der Waals surface area contributed by atoms with Gasteiger partial charge in [-0.1, -0.05) is 0 Å². The van der Waals surface area contributed by atoms with E-state index in [1.165, 1.54) is 6.26 Å². The van der Waals surface area contributed by atoms with Gasteiger partial charge in [0, 0.05) is 24.7 Å². The summed E-state index contributed by atoms with van der Waals surface area (Å²) in [4.78, 5) is 13.6. The van der Waals surface area contributed by atoms with Crippen LogP contribution >= 0.6 is 0 Å². The molecular formula is C11H18N2O2. The molecule has 4 nitrogen and oxygen atoms in total. The van der Waals surface area contributed by atoms with E-state index >= 15 is 0 Å². The molecule has 0 atom stereocenters. The summed E-state index contributed by atoms with van der Waals surface area (Å²) in [7, 11) is 1.73. The number of hydrogen-bond acceptors (Lipinski definition) is 3. The number of aryl methyl sites for hydroxylation is 1. The van der Waals surface area contributed by atoms with Gasteiger partial charge in [-0.25, -0.2) is 0 Å². The van der Waals surface area contributed by atoms with Gasteiger partial charge in [0.15, 0.2) is 5.76 Å². The second-order valence-corrected chi connectivity index (χ2v) is 4.31. The zero-order valence-electron chi connectivity index (χ0n) is 9.70. The summed E-state index contributed by atoms with van der Waals surface area (Å²) in [6.07, 6.45) is 1.52. The molecule has 1 amide bonds. The van der Waals surface area contributed by atoms with Crippen LogP contribution in [0.3, 0.4) is 0 Å². The molecule has 0 saturated carbocycles. The average Bonchev–Trinajstić information content (AvgIpc) is 2.62. The molecule has 1 rings (SSSR count). The zero-order valence-corrected chi connectivity index (χ0v) is 9.70. The van der Waals surface area contributed by atoms with Crippen LogP contribution in [0.1, 0.15) is 30.0 Å². The van der Waals surface area contributed by atoms with Crippen molar-refractivity contribution in [1.82, 2.24) is 4.90 Å². The van der Waals surface area contributed by atoms with E-state index in [0.717, 1.165) is 5.56 Å². The molecular weight excluding hydrogens is 192 g/mol. The Morgan fingerprint density at radius 2 is 2.20 bits per heavy atom. The topological polar surface area (TPSA) is 59.5 Å². The standard InChI is InChI=1S/C11H18N2O2/c1-8-5-6-15-9(8)10(14)13(4)11(2,3)7-12/h5-6H,7,12H2,1-4H3. The van der Waals surface area contributed by atoms with E-state index in [0.29, 0.717) is 12.3 Å². The third-order valence-electron chi connectivity index (χ3n) is 2.77. The maximum atomic E-state index is 12.0. The van der Waals surface area contributed by atoms with Crippen LogP contribution in [0.25, 0.3) is 0 Å². The van der Waals surface area contributed by atoms with Crippen molar-refractivity contribution in [2.45, 2.75) is 26.3 Å². The fourth-order valence-electron chi connectivity index (χ4n) is 1.16. The molecule has 1 heterocycles. The van der Waals surface area contributed by atoms with Gasteiger partial charge in [-0.15, -0.1) is 0 Å². The lowest BCUT2D eigenvalue weighted by molar-refractivity contribution is 0.0606. The Morgan fingerprint density at radius 1 is 1.60 bits per heavy atom. The minimum Gasteiger partial charge on any atom is -0.459 e. The van der Waals surface area contributed by atoms with Gasteiger partial charge in [0.25, 0.3) is 5.91 Å². The van der Waals surface area contributed by atoms with Crippen LogP contribution < -0.4 is 5.73 Å². The molecule has 2 N–H and O–H groups in total. The van der Waals surface area contributed by atoms with Gasteiger partial charge in [0.2, 0.25) is 0 Å². The highest BCUT2D eigenvalue weighted by Gasteiger charge is 2.29. The molecule has 0 aromatic carbocycles. The van der Waals surface area contributed by atoms with Crippen LogP contribution in [0.2, 0.25) is 0 Å². The molecule has 1 aromatic rings. The van der Waals surface area contributed by atoms with Crippen molar-refractivity contribution in [2.75, 3.05) is 13.6 Å². The predicted octanol–water partition coefficient (Wildman–Crippen LogP) is 1.40. The lowest BCUT2D eigenvalue weighted by Crippen LogP contribution is -2.50. The summed E-state index contributed by atoms with van der Waals surface area (Å²) in [5.74, 6) is 0.256. The van der Waals surface area contributed by atoms with Gasteiger partial charge in [0.1, 0.15) is 0 Å². The third-order valence-corrected chi connectivity index (χ3v) is 2.77. The lowest BCUT2D eigenvalue weighted by Gasteiger charge is -2.34. The molecule has 0 fully saturated rings. The van der Waals surface area contributed by atoms with E-state index in [1.807, 2.05) is 20.8 Å². The minimum absolute atomic E-state index is 0.132. The summed E-state index contributed by atoms with van der Waals surface area (Å²) in [6, 6.07) is 1.77. The second-order valence-electron chi connectivity index (χ2n) is 4.31. The lowest BCUT2D eigenvalue weighted by atomic mass is 10.0. The minimum atomic E-state index is -0.365. The molecule has 0 spiro atoms. The number of carbonyl (C=O) groups is 1. The highest BCUT2D eigenvalue weighted by Crippen LogP contribution is 2.17. The smallest absolute Gasteiger partial charge is 0.290 e. The van der Waals surface area contributed by atoms with Gasteiger partial charge in [-0.05, 0) is 26.8 Å². The maximum Gasteiger partial charge on any atom is 0.290 e. The van der Waals surface area contributed by atoms with Crippen LogP contribution in [0.4, 0.5) is 0 Å².